The lowest BCUT2D eigenvalue weighted by atomic mass is 10.2. The standard InChI is InChI=1S/C22H30FNO4/c1-17(2)24-15-20(25)16-28-22-9-7-21(8-10-22)27-14-13-26-12-11-18-3-5-19(23)6-4-18/h3-10,17,20,24-25H,11-16H2,1-2H3/t20-/m0/s1. The number of aliphatic hydroxyl groups excluding tert-OH is 1. The van der Waals surface area contributed by atoms with Crippen LogP contribution in [0.5, 0.6) is 11.5 Å². The Morgan fingerprint density at radius 2 is 1.54 bits per heavy atom. The van der Waals surface area contributed by atoms with Crippen molar-refractivity contribution in [3.63, 3.8) is 0 Å². The molecule has 0 fully saturated rings. The van der Waals surface area contributed by atoms with Gasteiger partial charge in [-0.05, 0) is 48.4 Å². The zero-order valence-electron chi connectivity index (χ0n) is 16.6. The van der Waals surface area contributed by atoms with Gasteiger partial charge < -0.3 is 24.6 Å². The number of aliphatic hydroxyl groups is 1. The topological polar surface area (TPSA) is 60.0 Å². The number of benzene rings is 2. The fourth-order valence-corrected chi connectivity index (χ4v) is 2.42. The highest BCUT2D eigenvalue weighted by Gasteiger charge is 2.06. The lowest BCUT2D eigenvalue weighted by Crippen LogP contribution is -2.35. The molecule has 0 saturated carbocycles. The molecular weight excluding hydrogens is 361 g/mol. The van der Waals surface area contributed by atoms with Gasteiger partial charge in [0, 0.05) is 12.6 Å². The first-order valence-electron chi connectivity index (χ1n) is 9.62. The molecule has 1 atom stereocenters. The second-order valence-electron chi connectivity index (χ2n) is 6.84. The molecular formula is C22H30FNO4. The summed E-state index contributed by atoms with van der Waals surface area (Å²) in [6.45, 7) is 6.29. The van der Waals surface area contributed by atoms with E-state index in [1.54, 1.807) is 12.1 Å². The van der Waals surface area contributed by atoms with Crippen LogP contribution < -0.4 is 14.8 Å². The summed E-state index contributed by atoms with van der Waals surface area (Å²) in [6, 6.07) is 14.0. The lowest BCUT2D eigenvalue weighted by molar-refractivity contribution is 0.102. The highest BCUT2D eigenvalue weighted by molar-refractivity contribution is 5.31. The van der Waals surface area contributed by atoms with E-state index >= 15 is 0 Å². The monoisotopic (exact) mass is 391 g/mol. The third-order valence-corrected chi connectivity index (χ3v) is 3.97. The first-order valence-corrected chi connectivity index (χ1v) is 9.62. The first-order chi connectivity index (χ1) is 13.5. The van der Waals surface area contributed by atoms with Crippen molar-refractivity contribution in [3.05, 3.63) is 59.9 Å². The largest absolute Gasteiger partial charge is 0.491 e. The SMILES string of the molecule is CC(C)NC[C@H](O)COc1ccc(OCCOCCc2ccc(F)cc2)cc1. The van der Waals surface area contributed by atoms with E-state index in [4.69, 9.17) is 14.2 Å². The van der Waals surface area contributed by atoms with Crippen LogP contribution >= 0.6 is 0 Å². The van der Waals surface area contributed by atoms with Gasteiger partial charge in [-0.3, -0.25) is 0 Å². The maximum absolute atomic E-state index is 12.8. The normalized spacial score (nSPS) is 12.2. The molecule has 0 heterocycles. The van der Waals surface area contributed by atoms with Gasteiger partial charge in [0.1, 0.15) is 36.6 Å². The molecule has 2 aromatic rings. The third-order valence-electron chi connectivity index (χ3n) is 3.97. The molecule has 0 aliphatic heterocycles. The molecule has 0 aliphatic carbocycles. The molecule has 6 heteroatoms. The van der Waals surface area contributed by atoms with E-state index in [9.17, 15) is 9.50 Å². The molecule has 0 bridgehead atoms. The average molecular weight is 391 g/mol. The molecule has 154 valence electrons. The van der Waals surface area contributed by atoms with E-state index < -0.39 is 6.10 Å². The summed E-state index contributed by atoms with van der Waals surface area (Å²) in [6.07, 6.45) is 0.190. The first kappa shape index (κ1) is 22.1. The van der Waals surface area contributed by atoms with Crippen LogP contribution in [0.3, 0.4) is 0 Å². The van der Waals surface area contributed by atoms with Gasteiger partial charge in [-0.15, -0.1) is 0 Å². The Kier molecular flexibility index (Phi) is 9.76. The minimum absolute atomic E-state index is 0.228. The second kappa shape index (κ2) is 12.3. The Balaban J connectivity index is 1.56. The van der Waals surface area contributed by atoms with Crippen molar-refractivity contribution in [2.75, 3.05) is 33.0 Å². The van der Waals surface area contributed by atoms with Crippen molar-refractivity contribution in [1.29, 1.82) is 0 Å². The molecule has 28 heavy (non-hydrogen) atoms. The summed E-state index contributed by atoms with van der Waals surface area (Å²) in [5.41, 5.74) is 1.04. The van der Waals surface area contributed by atoms with Crippen LogP contribution in [0.4, 0.5) is 4.39 Å². The van der Waals surface area contributed by atoms with Gasteiger partial charge in [-0.2, -0.15) is 0 Å². The summed E-state index contributed by atoms with van der Waals surface area (Å²) in [5.74, 6) is 1.19. The number of hydrogen-bond acceptors (Lipinski definition) is 5. The molecule has 0 spiro atoms. The van der Waals surface area contributed by atoms with E-state index in [0.717, 1.165) is 17.7 Å². The van der Waals surface area contributed by atoms with Crippen LogP contribution in [0.15, 0.2) is 48.5 Å². The Labute approximate surface area is 166 Å². The maximum Gasteiger partial charge on any atom is 0.123 e. The van der Waals surface area contributed by atoms with Crippen LogP contribution in [-0.2, 0) is 11.2 Å². The van der Waals surface area contributed by atoms with Crippen molar-refractivity contribution in [2.45, 2.75) is 32.4 Å². The highest BCUT2D eigenvalue weighted by Crippen LogP contribution is 2.17. The summed E-state index contributed by atoms with van der Waals surface area (Å²) in [5, 5.41) is 13.0. The fraction of sp³-hybridized carbons (Fsp3) is 0.455. The van der Waals surface area contributed by atoms with E-state index in [1.165, 1.54) is 12.1 Å². The van der Waals surface area contributed by atoms with Gasteiger partial charge in [0.15, 0.2) is 0 Å². The number of ether oxygens (including phenoxy) is 3. The van der Waals surface area contributed by atoms with Crippen molar-refractivity contribution >= 4 is 0 Å². The molecule has 0 radical (unpaired) electrons. The van der Waals surface area contributed by atoms with Crippen molar-refractivity contribution < 1.29 is 23.7 Å². The highest BCUT2D eigenvalue weighted by atomic mass is 19.1. The number of halogens is 1. The number of hydrogen-bond donors (Lipinski definition) is 2. The van der Waals surface area contributed by atoms with Crippen LogP contribution in [0, 0.1) is 5.82 Å². The lowest BCUT2D eigenvalue weighted by Gasteiger charge is -2.15. The molecule has 0 saturated heterocycles. The van der Waals surface area contributed by atoms with Crippen molar-refractivity contribution in [1.82, 2.24) is 5.32 Å². The van der Waals surface area contributed by atoms with E-state index in [1.807, 2.05) is 38.1 Å². The molecule has 0 aliphatic rings. The zero-order valence-corrected chi connectivity index (χ0v) is 16.6. The summed E-state index contributed by atoms with van der Waals surface area (Å²) in [4.78, 5) is 0. The molecule has 2 rings (SSSR count). The van der Waals surface area contributed by atoms with Crippen molar-refractivity contribution in [2.24, 2.45) is 0 Å². The Bertz CT molecular complexity index is 661. The second-order valence-corrected chi connectivity index (χ2v) is 6.84. The van der Waals surface area contributed by atoms with Gasteiger partial charge in [-0.25, -0.2) is 4.39 Å². The van der Waals surface area contributed by atoms with Crippen LogP contribution in [0.1, 0.15) is 19.4 Å². The zero-order chi connectivity index (χ0) is 20.2. The van der Waals surface area contributed by atoms with E-state index in [2.05, 4.69) is 5.32 Å². The summed E-state index contributed by atoms with van der Waals surface area (Å²) >= 11 is 0. The molecule has 0 aromatic heterocycles. The Morgan fingerprint density at radius 3 is 2.18 bits per heavy atom. The van der Waals surface area contributed by atoms with Gasteiger partial charge in [0.05, 0.1) is 13.2 Å². The van der Waals surface area contributed by atoms with E-state index in [0.29, 0.717) is 38.2 Å². The van der Waals surface area contributed by atoms with Gasteiger partial charge >= 0.3 is 0 Å². The summed E-state index contributed by atoms with van der Waals surface area (Å²) in [7, 11) is 0. The average Bonchev–Trinajstić information content (AvgIpc) is 2.69. The van der Waals surface area contributed by atoms with Gasteiger partial charge in [0.25, 0.3) is 0 Å². The smallest absolute Gasteiger partial charge is 0.123 e. The van der Waals surface area contributed by atoms with Crippen molar-refractivity contribution in [3.8, 4) is 11.5 Å². The Morgan fingerprint density at radius 1 is 0.893 bits per heavy atom. The maximum atomic E-state index is 12.8. The van der Waals surface area contributed by atoms with Crippen LogP contribution in [0.25, 0.3) is 0 Å². The van der Waals surface area contributed by atoms with E-state index in [-0.39, 0.29) is 12.4 Å². The summed E-state index contributed by atoms with van der Waals surface area (Å²) < 4.78 is 29.6. The number of nitrogens with one attached hydrogen (secondary N) is 1. The Hall–Kier alpha value is -2.15. The molecule has 2 aromatic carbocycles. The van der Waals surface area contributed by atoms with Crippen LogP contribution in [-0.4, -0.2) is 50.2 Å². The predicted octanol–water partition coefficient (Wildman–Crippen LogP) is 3.20. The molecule has 0 amide bonds. The quantitative estimate of drug-likeness (QED) is 0.514. The van der Waals surface area contributed by atoms with Gasteiger partial charge in [0.2, 0.25) is 0 Å². The molecule has 5 nitrogen and oxygen atoms in total. The minimum Gasteiger partial charge on any atom is -0.491 e. The van der Waals surface area contributed by atoms with Gasteiger partial charge in [-0.1, -0.05) is 26.0 Å². The third kappa shape index (κ3) is 9.17. The fourth-order valence-electron chi connectivity index (χ4n) is 2.42. The molecule has 0 unspecified atom stereocenters. The number of rotatable bonds is 13. The molecule has 2 N–H and O–H groups in total. The predicted molar refractivity (Wildman–Crippen MR) is 108 cm³/mol. The van der Waals surface area contributed by atoms with Crippen LogP contribution in [0.2, 0.25) is 0 Å². The minimum atomic E-state index is -0.551.